The van der Waals surface area contributed by atoms with Crippen LogP contribution in [0.1, 0.15) is 11.1 Å². The molecule has 1 N–H and O–H groups in total. The van der Waals surface area contributed by atoms with Crippen LogP contribution >= 0.6 is 11.6 Å². The number of amides is 1. The number of hydrogen-bond donors (Lipinski definition) is 1. The second-order valence-corrected chi connectivity index (χ2v) is 8.48. The van der Waals surface area contributed by atoms with Crippen molar-refractivity contribution in [2.45, 2.75) is 13.5 Å². The van der Waals surface area contributed by atoms with Crippen LogP contribution in [0.15, 0.2) is 42.5 Å². The lowest BCUT2D eigenvalue weighted by Crippen LogP contribution is -2.24. The number of rotatable bonds is 7. The number of carbonyl (C=O) groups is 1. The first-order valence-electron chi connectivity index (χ1n) is 7.84. The van der Waals surface area contributed by atoms with Crippen molar-refractivity contribution < 1.29 is 17.9 Å². The number of nitrogens with one attached hydrogen (secondary N) is 1. The molecular formula is C18H21ClN2O4S. The molecule has 0 aliphatic rings. The third-order valence-corrected chi connectivity index (χ3v) is 5.23. The number of hydrogen-bond acceptors (Lipinski definition) is 4. The van der Waals surface area contributed by atoms with Gasteiger partial charge in [0, 0.05) is 24.3 Å². The summed E-state index contributed by atoms with van der Waals surface area (Å²) >= 11 is 5.93. The highest BCUT2D eigenvalue weighted by Gasteiger charge is 2.11. The normalized spacial score (nSPS) is 11.4. The van der Waals surface area contributed by atoms with Gasteiger partial charge in [0.15, 0.2) is 6.61 Å². The molecule has 2 aromatic rings. The van der Waals surface area contributed by atoms with E-state index in [1.807, 2.05) is 13.0 Å². The molecule has 0 radical (unpaired) electrons. The molecule has 0 bridgehead atoms. The lowest BCUT2D eigenvalue weighted by molar-refractivity contribution is -0.118. The second kappa shape index (κ2) is 8.53. The van der Waals surface area contributed by atoms with Gasteiger partial charge in [-0.15, -0.1) is 0 Å². The van der Waals surface area contributed by atoms with Crippen molar-refractivity contribution in [3.63, 3.8) is 0 Å². The van der Waals surface area contributed by atoms with Gasteiger partial charge < -0.3 is 10.1 Å². The number of benzene rings is 2. The van der Waals surface area contributed by atoms with E-state index in [2.05, 4.69) is 5.32 Å². The van der Waals surface area contributed by atoms with Gasteiger partial charge in [0.05, 0.1) is 6.26 Å². The monoisotopic (exact) mass is 396 g/mol. The standard InChI is InChI=1S/C18H21ClN2O4S/c1-13-4-7-15(19)10-17(13)20-18(22)12-25-16-8-5-14(6-9-16)11-21(2)26(3,23)24/h4-10H,11-12H2,1-3H3,(H,20,22). The number of carbonyl (C=O) groups excluding carboxylic acids is 1. The largest absolute Gasteiger partial charge is 0.484 e. The minimum atomic E-state index is -3.23. The van der Waals surface area contributed by atoms with Crippen molar-refractivity contribution in [2.75, 3.05) is 25.2 Å². The lowest BCUT2D eigenvalue weighted by atomic mass is 10.2. The molecule has 0 spiro atoms. The average Bonchev–Trinajstić information content (AvgIpc) is 2.56. The summed E-state index contributed by atoms with van der Waals surface area (Å²) < 4.78 is 29.6. The van der Waals surface area contributed by atoms with Crippen molar-refractivity contribution in [3.8, 4) is 5.75 Å². The summed E-state index contributed by atoms with van der Waals surface area (Å²) in [7, 11) is -1.71. The first-order chi connectivity index (χ1) is 12.1. The van der Waals surface area contributed by atoms with Crippen molar-refractivity contribution >= 4 is 33.2 Å². The summed E-state index contributed by atoms with van der Waals surface area (Å²) in [6.07, 6.45) is 1.16. The highest BCUT2D eigenvalue weighted by Crippen LogP contribution is 2.20. The Bertz CT molecular complexity index is 883. The Kier molecular flexibility index (Phi) is 6.63. The molecule has 0 aliphatic heterocycles. The highest BCUT2D eigenvalue weighted by atomic mass is 35.5. The number of aryl methyl sites for hydroxylation is 1. The molecule has 0 saturated carbocycles. The lowest BCUT2D eigenvalue weighted by Gasteiger charge is -2.14. The zero-order valence-corrected chi connectivity index (χ0v) is 16.4. The Morgan fingerprint density at radius 1 is 1.19 bits per heavy atom. The molecule has 0 aromatic heterocycles. The van der Waals surface area contributed by atoms with Crippen LogP contribution in [-0.4, -0.2) is 38.5 Å². The van der Waals surface area contributed by atoms with Gasteiger partial charge in [0.2, 0.25) is 10.0 Å². The Morgan fingerprint density at radius 3 is 2.46 bits per heavy atom. The quantitative estimate of drug-likeness (QED) is 0.780. The van der Waals surface area contributed by atoms with Crippen LogP contribution in [0.3, 0.4) is 0 Å². The van der Waals surface area contributed by atoms with Crippen LogP contribution in [0.2, 0.25) is 5.02 Å². The fraction of sp³-hybridized carbons (Fsp3) is 0.278. The molecule has 6 nitrogen and oxygen atoms in total. The molecule has 2 aromatic carbocycles. The molecule has 0 atom stereocenters. The number of sulfonamides is 1. The van der Waals surface area contributed by atoms with Crippen molar-refractivity contribution in [2.24, 2.45) is 0 Å². The molecule has 0 aliphatic carbocycles. The van der Waals surface area contributed by atoms with Gasteiger partial charge in [0.1, 0.15) is 5.75 Å². The SMILES string of the molecule is Cc1ccc(Cl)cc1NC(=O)COc1ccc(CN(C)S(C)(=O)=O)cc1. The van der Waals surface area contributed by atoms with E-state index in [0.717, 1.165) is 17.4 Å². The fourth-order valence-corrected chi connectivity index (χ4v) is 2.69. The van der Waals surface area contributed by atoms with E-state index in [4.69, 9.17) is 16.3 Å². The number of halogens is 1. The zero-order valence-electron chi connectivity index (χ0n) is 14.8. The summed E-state index contributed by atoms with van der Waals surface area (Å²) in [6, 6.07) is 12.2. The Morgan fingerprint density at radius 2 is 1.85 bits per heavy atom. The zero-order chi connectivity index (χ0) is 19.3. The molecule has 0 fully saturated rings. The Hall–Kier alpha value is -2.09. The smallest absolute Gasteiger partial charge is 0.262 e. The van der Waals surface area contributed by atoms with E-state index in [-0.39, 0.29) is 19.1 Å². The summed E-state index contributed by atoms with van der Waals surface area (Å²) in [6.45, 7) is 2.00. The van der Waals surface area contributed by atoms with Crippen LogP contribution < -0.4 is 10.1 Å². The maximum absolute atomic E-state index is 12.0. The van der Waals surface area contributed by atoms with Gasteiger partial charge >= 0.3 is 0 Å². The number of anilines is 1. The molecule has 1 amide bonds. The topological polar surface area (TPSA) is 75.7 Å². The summed E-state index contributed by atoms with van der Waals surface area (Å²) in [4.78, 5) is 12.0. The van der Waals surface area contributed by atoms with E-state index in [1.54, 1.807) is 36.4 Å². The van der Waals surface area contributed by atoms with Gasteiger partial charge in [-0.3, -0.25) is 4.79 Å². The Balaban J connectivity index is 1.89. The van der Waals surface area contributed by atoms with E-state index >= 15 is 0 Å². The predicted molar refractivity (Wildman–Crippen MR) is 103 cm³/mol. The van der Waals surface area contributed by atoms with Crippen molar-refractivity contribution in [1.82, 2.24) is 4.31 Å². The van der Waals surface area contributed by atoms with Gasteiger partial charge in [-0.2, -0.15) is 0 Å². The third-order valence-electron chi connectivity index (χ3n) is 3.74. The Labute approximate surface area is 158 Å². The van der Waals surface area contributed by atoms with E-state index in [1.165, 1.54) is 11.4 Å². The molecule has 0 saturated heterocycles. The molecule has 8 heteroatoms. The second-order valence-electron chi connectivity index (χ2n) is 5.96. The van der Waals surface area contributed by atoms with Crippen LogP contribution in [0.5, 0.6) is 5.75 Å². The van der Waals surface area contributed by atoms with Crippen molar-refractivity contribution in [3.05, 3.63) is 58.6 Å². The van der Waals surface area contributed by atoms with Crippen LogP contribution in [0.4, 0.5) is 5.69 Å². The van der Waals surface area contributed by atoms with E-state index in [0.29, 0.717) is 16.5 Å². The minimum Gasteiger partial charge on any atom is -0.484 e. The summed E-state index contributed by atoms with van der Waals surface area (Å²) in [5.41, 5.74) is 2.37. The minimum absolute atomic E-state index is 0.144. The van der Waals surface area contributed by atoms with Gasteiger partial charge in [-0.25, -0.2) is 12.7 Å². The highest BCUT2D eigenvalue weighted by molar-refractivity contribution is 7.88. The third kappa shape index (κ3) is 6.01. The summed E-state index contributed by atoms with van der Waals surface area (Å²) in [5.74, 6) is 0.227. The maximum Gasteiger partial charge on any atom is 0.262 e. The van der Waals surface area contributed by atoms with Gasteiger partial charge in [0.25, 0.3) is 5.91 Å². The first-order valence-corrected chi connectivity index (χ1v) is 10.1. The average molecular weight is 397 g/mol. The molecule has 26 heavy (non-hydrogen) atoms. The van der Waals surface area contributed by atoms with Crippen molar-refractivity contribution in [1.29, 1.82) is 0 Å². The van der Waals surface area contributed by atoms with E-state index in [9.17, 15) is 13.2 Å². The maximum atomic E-state index is 12.0. The fourth-order valence-electron chi connectivity index (χ4n) is 2.13. The number of ether oxygens (including phenoxy) is 1. The molecular weight excluding hydrogens is 376 g/mol. The van der Waals surface area contributed by atoms with Crippen LogP contribution in [0, 0.1) is 6.92 Å². The van der Waals surface area contributed by atoms with Crippen LogP contribution in [-0.2, 0) is 21.4 Å². The molecule has 0 heterocycles. The van der Waals surface area contributed by atoms with Gasteiger partial charge in [-0.05, 0) is 42.3 Å². The van der Waals surface area contributed by atoms with Gasteiger partial charge in [-0.1, -0.05) is 29.8 Å². The molecule has 140 valence electrons. The first kappa shape index (κ1) is 20.2. The molecule has 2 rings (SSSR count). The van der Waals surface area contributed by atoms with E-state index < -0.39 is 10.0 Å². The number of nitrogens with zero attached hydrogens (tertiary/aromatic N) is 1. The van der Waals surface area contributed by atoms with Crippen LogP contribution in [0.25, 0.3) is 0 Å². The predicted octanol–water partition coefficient (Wildman–Crippen LogP) is 3.06. The molecule has 0 unspecified atom stereocenters. The summed E-state index contributed by atoms with van der Waals surface area (Å²) in [5, 5.41) is 3.30.